The molecule has 0 atom stereocenters. The fraction of sp³-hybridized carbons (Fsp3) is 0.533. The molecule has 1 aliphatic heterocycles. The molecule has 0 aromatic heterocycles. The predicted molar refractivity (Wildman–Crippen MR) is 71.3 cm³/mol. The molecule has 1 aromatic carbocycles. The number of carbonyl (C=O) groups excluding carboxylic acids is 1. The number of hydrogen-bond donors (Lipinski definition) is 0. The lowest BCUT2D eigenvalue weighted by Gasteiger charge is -2.37. The number of carbonyl (C=O) groups is 1. The van der Waals surface area contributed by atoms with E-state index in [1.165, 1.54) is 36.0 Å². The number of piperidine rings is 1. The van der Waals surface area contributed by atoms with Gasteiger partial charge in [0, 0.05) is 12.8 Å². The highest BCUT2D eigenvalue weighted by molar-refractivity contribution is 5.70. The van der Waals surface area contributed by atoms with Crippen LogP contribution in [0.15, 0.2) is 30.3 Å². The fourth-order valence-electron chi connectivity index (χ4n) is 2.33. The lowest BCUT2D eigenvalue weighted by molar-refractivity contribution is -0.895. The normalized spacial score (nSPS) is 18.5. The van der Waals surface area contributed by atoms with Crippen LogP contribution < -0.4 is 5.11 Å². The van der Waals surface area contributed by atoms with Crippen molar-refractivity contribution in [2.24, 2.45) is 0 Å². The van der Waals surface area contributed by atoms with Crippen LogP contribution in [-0.4, -0.2) is 43.8 Å². The second-order valence-corrected chi connectivity index (χ2v) is 5.85. The predicted octanol–water partition coefficient (Wildman–Crippen LogP) is 1.94. The van der Waals surface area contributed by atoms with Crippen LogP contribution in [0.5, 0.6) is 0 Å². The molecule has 3 nitrogen and oxygen atoms in total. The number of alkyl halides is 3. The second-order valence-electron chi connectivity index (χ2n) is 5.85. The number of nitrogens with zero attached hydrogens (tertiary/aromatic N) is 1. The van der Waals surface area contributed by atoms with E-state index in [4.69, 9.17) is 9.90 Å². The summed E-state index contributed by atoms with van der Waals surface area (Å²) < 4.78 is 32.7. The van der Waals surface area contributed by atoms with E-state index < -0.39 is 12.1 Å². The van der Waals surface area contributed by atoms with Crippen LogP contribution in [0.25, 0.3) is 0 Å². The van der Waals surface area contributed by atoms with Gasteiger partial charge in [-0.25, -0.2) is 0 Å². The first-order valence-corrected chi connectivity index (χ1v) is 6.77. The van der Waals surface area contributed by atoms with E-state index in [-0.39, 0.29) is 0 Å². The third-order valence-corrected chi connectivity index (χ3v) is 3.67. The van der Waals surface area contributed by atoms with E-state index in [0.717, 1.165) is 5.92 Å². The second kappa shape index (κ2) is 6.93. The highest BCUT2D eigenvalue weighted by atomic mass is 19.4. The molecular weight excluding hydrogens is 283 g/mol. The standard InChI is InChI=1S/C13H20N.C2HF3O2/c1-14(2)10-8-13(9-11-14)12-6-4-3-5-7-12;3-2(4,5)1(6)7/h3-7,13H,8-11H2,1-2H3;(H,6,7)/q+1;/p-1. The van der Waals surface area contributed by atoms with Crippen molar-refractivity contribution in [2.45, 2.75) is 24.9 Å². The number of halogens is 3. The van der Waals surface area contributed by atoms with Gasteiger partial charge in [0.05, 0.1) is 27.2 Å². The van der Waals surface area contributed by atoms with Gasteiger partial charge in [0.1, 0.15) is 5.97 Å². The molecule has 0 N–H and O–H groups in total. The molecule has 1 aromatic rings. The Morgan fingerprint density at radius 3 is 1.95 bits per heavy atom. The average Bonchev–Trinajstić information content (AvgIpc) is 2.39. The Morgan fingerprint density at radius 1 is 1.14 bits per heavy atom. The lowest BCUT2D eigenvalue weighted by Crippen LogP contribution is -2.45. The Balaban J connectivity index is 0.000000270. The lowest BCUT2D eigenvalue weighted by atomic mass is 9.89. The summed E-state index contributed by atoms with van der Waals surface area (Å²) in [5, 5.41) is 8.78. The number of likely N-dealkylation sites (tertiary alicyclic amines) is 1. The van der Waals surface area contributed by atoms with Crippen LogP contribution in [0.3, 0.4) is 0 Å². The van der Waals surface area contributed by atoms with Crippen molar-refractivity contribution in [3.05, 3.63) is 35.9 Å². The molecule has 0 radical (unpaired) electrons. The molecular formula is C15H20F3NO2. The van der Waals surface area contributed by atoms with Crippen LogP contribution in [0.1, 0.15) is 24.3 Å². The molecule has 1 aliphatic rings. The van der Waals surface area contributed by atoms with Gasteiger partial charge in [-0.05, 0) is 11.5 Å². The molecule has 21 heavy (non-hydrogen) atoms. The first-order chi connectivity index (χ1) is 9.62. The summed E-state index contributed by atoms with van der Waals surface area (Å²) in [5.74, 6) is -2.20. The van der Waals surface area contributed by atoms with Gasteiger partial charge in [-0.15, -0.1) is 0 Å². The maximum absolute atomic E-state index is 10.5. The van der Waals surface area contributed by atoms with E-state index in [1.807, 2.05) is 0 Å². The van der Waals surface area contributed by atoms with Gasteiger partial charge in [0.25, 0.3) is 0 Å². The first kappa shape index (κ1) is 17.5. The Labute approximate surface area is 122 Å². The topological polar surface area (TPSA) is 40.1 Å². The van der Waals surface area contributed by atoms with Crippen molar-refractivity contribution in [2.75, 3.05) is 27.2 Å². The number of benzene rings is 1. The maximum Gasteiger partial charge on any atom is 0.430 e. The molecule has 6 heteroatoms. The minimum atomic E-state index is -5.19. The van der Waals surface area contributed by atoms with E-state index in [2.05, 4.69) is 44.4 Å². The molecule has 0 amide bonds. The van der Waals surface area contributed by atoms with Crippen LogP contribution in [0, 0.1) is 0 Å². The monoisotopic (exact) mass is 303 g/mol. The van der Waals surface area contributed by atoms with E-state index >= 15 is 0 Å². The Morgan fingerprint density at radius 2 is 1.57 bits per heavy atom. The zero-order valence-corrected chi connectivity index (χ0v) is 12.2. The van der Waals surface area contributed by atoms with Crippen molar-refractivity contribution in [1.82, 2.24) is 0 Å². The van der Waals surface area contributed by atoms with Gasteiger partial charge in [-0.2, -0.15) is 13.2 Å². The SMILES string of the molecule is C[N+]1(C)CCC(c2ccccc2)CC1.O=C([O-])C(F)(F)F. The summed E-state index contributed by atoms with van der Waals surface area (Å²) in [6, 6.07) is 11.0. The van der Waals surface area contributed by atoms with Crippen LogP contribution in [-0.2, 0) is 4.79 Å². The zero-order chi connectivity index (χ0) is 16.1. The van der Waals surface area contributed by atoms with Crippen LogP contribution in [0.4, 0.5) is 13.2 Å². The summed E-state index contributed by atoms with van der Waals surface area (Å²) >= 11 is 0. The van der Waals surface area contributed by atoms with E-state index in [0.29, 0.717) is 0 Å². The smallest absolute Gasteiger partial charge is 0.430 e. The summed E-state index contributed by atoms with van der Waals surface area (Å²) in [5.41, 5.74) is 1.53. The molecule has 0 aliphatic carbocycles. The third-order valence-electron chi connectivity index (χ3n) is 3.67. The van der Waals surface area contributed by atoms with E-state index in [9.17, 15) is 13.2 Å². The van der Waals surface area contributed by atoms with Gasteiger partial charge in [0.15, 0.2) is 0 Å². The fourth-order valence-corrected chi connectivity index (χ4v) is 2.33. The van der Waals surface area contributed by atoms with Crippen LogP contribution >= 0.6 is 0 Å². The number of hydrogen-bond acceptors (Lipinski definition) is 2. The number of quaternary nitrogens is 1. The van der Waals surface area contributed by atoms with Gasteiger partial charge in [-0.1, -0.05) is 30.3 Å². The molecule has 0 unspecified atom stereocenters. The molecule has 0 bridgehead atoms. The summed E-state index contributed by atoms with van der Waals surface area (Å²) in [4.78, 5) is 8.78. The van der Waals surface area contributed by atoms with Crippen molar-refractivity contribution < 1.29 is 27.6 Å². The number of carboxylic acid groups (broad SMARTS) is 1. The summed E-state index contributed by atoms with van der Waals surface area (Å²) in [6.07, 6.45) is -2.51. The van der Waals surface area contributed by atoms with E-state index in [1.54, 1.807) is 0 Å². The van der Waals surface area contributed by atoms with Crippen molar-refractivity contribution in [3.63, 3.8) is 0 Å². The van der Waals surface area contributed by atoms with Crippen molar-refractivity contribution in [3.8, 4) is 0 Å². The maximum atomic E-state index is 10.5. The summed E-state index contributed by atoms with van der Waals surface area (Å²) in [6.45, 7) is 2.64. The minimum absolute atomic E-state index is 0.808. The number of carboxylic acids is 1. The van der Waals surface area contributed by atoms with Gasteiger partial charge >= 0.3 is 6.18 Å². The zero-order valence-electron chi connectivity index (χ0n) is 12.2. The molecule has 2 rings (SSSR count). The van der Waals surface area contributed by atoms with Crippen LogP contribution in [0.2, 0.25) is 0 Å². The number of aliphatic carboxylic acids is 1. The van der Waals surface area contributed by atoms with Gasteiger partial charge < -0.3 is 14.4 Å². The highest BCUT2D eigenvalue weighted by Gasteiger charge is 2.29. The number of rotatable bonds is 1. The van der Waals surface area contributed by atoms with Gasteiger partial charge in [-0.3, -0.25) is 0 Å². The van der Waals surface area contributed by atoms with Gasteiger partial charge in [0.2, 0.25) is 0 Å². The minimum Gasteiger partial charge on any atom is -0.542 e. The third kappa shape index (κ3) is 6.16. The molecule has 118 valence electrons. The quantitative estimate of drug-likeness (QED) is 0.744. The highest BCUT2D eigenvalue weighted by Crippen LogP contribution is 2.29. The largest absolute Gasteiger partial charge is 0.542 e. The molecule has 1 heterocycles. The summed E-state index contributed by atoms with van der Waals surface area (Å²) in [7, 11) is 4.67. The molecule has 0 spiro atoms. The first-order valence-electron chi connectivity index (χ1n) is 6.77. The molecule has 1 saturated heterocycles. The average molecular weight is 303 g/mol. The molecule has 0 saturated carbocycles. The van der Waals surface area contributed by atoms with Crippen molar-refractivity contribution in [1.29, 1.82) is 0 Å². The molecule has 1 fully saturated rings. The Hall–Kier alpha value is -1.56. The Kier molecular flexibility index (Phi) is 5.78. The Bertz CT molecular complexity index is 448. The van der Waals surface area contributed by atoms with Crippen molar-refractivity contribution >= 4 is 5.97 Å².